The molecule has 0 bridgehead atoms. The fourth-order valence-corrected chi connectivity index (χ4v) is 2.36. The molecule has 0 aliphatic carbocycles. The van der Waals surface area contributed by atoms with Crippen LogP contribution in [0.3, 0.4) is 0 Å². The standard InChI is InChI=1S/C16H14FN5O2/c17-14-8-13(22(23)24)6-7-15(14)20-16(9-21-11-18-10-19-21)12-4-2-1-3-5-12/h1-8,10-11,16,20H,9H2/t16-/m0/s1. The average Bonchev–Trinajstić information content (AvgIpc) is 3.09. The number of aromatic nitrogens is 3. The third-order valence-corrected chi connectivity index (χ3v) is 3.53. The highest BCUT2D eigenvalue weighted by Crippen LogP contribution is 2.26. The third-order valence-electron chi connectivity index (χ3n) is 3.53. The van der Waals surface area contributed by atoms with Gasteiger partial charge in [0, 0.05) is 6.07 Å². The van der Waals surface area contributed by atoms with Crippen molar-refractivity contribution in [3.8, 4) is 0 Å². The van der Waals surface area contributed by atoms with Crippen molar-refractivity contribution in [2.45, 2.75) is 12.6 Å². The molecule has 2 aromatic carbocycles. The van der Waals surface area contributed by atoms with E-state index >= 15 is 0 Å². The van der Waals surface area contributed by atoms with Crippen LogP contribution in [0.1, 0.15) is 11.6 Å². The quantitative estimate of drug-likeness (QED) is 0.555. The zero-order chi connectivity index (χ0) is 16.9. The zero-order valence-corrected chi connectivity index (χ0v) is 12.5. The van der Waals surface area contributed by atoms with Crippen molar-refractivity contribution in [3.63, 3.8) is 0 Å². The molecule has 1 aromatic heterocycles. The summed E-state index contributed by atoms with van der Waals surface area (Å²) in [7, 11) is 0. The van der Waals surface area contributed by atoms with Crippen LogP contribution < -0.4 is 5.32 Å². The van der Waals surface area contributed by atoms with E-state index in [0.29, 0.717) is 6.54 Å². The first-order valence-corrected chi connectivity index (χ1v) is 7.21. The molecule has 0 spiro atoms. The minimum atomic E-state index is -0.677. The molecular formula is C16H14FN5O2. The maximum Gasteiger partial charge on any atom is 0.272 e. The van der Waals surface area contributed by atoms with E-state index in [0.717, 1.165) is 11.6 Å². The SMILES string of the molecule is O=[N+]([O-])c1ccc(N[C@@H](Cn2cncn2)c2ccccc2)c(F)c1. The molecule has 0 amide bonds. The van der Waals surface area contributed by atoms with Crippen molar-refractivity contribution in [1.82, 2.24) is 14.8 Å². The second-order valence-corrected chi connectivity index (χ2v) is 5.15. The maximum absolute atomic E-state index is 14.2. The molecule has 0 saturated heterocycles. The van der Waals surface area contributed by atoms with Crippen molar-refractivity contribution in [2.75, 3.05) is 5.32 Å². The molecule has 24 heavy (non-hydrogen) atoms. The van der Waals surface area contributed by atoms with Gasteiger partial charge in [0.2, 0.25) is 0 Å². The van der Waals surface area contributed by atoms with Gasteiger partial charge in [-0.25, -0.2) is 9.37 Å². The first-order chi connectivity index (χ1) is 11.6. The molecule has 1 N–H and O–H groups in total. The Morgan fingerprint density at radius 1 is 1.25 bits per heavy atom. The number of benzene rings is 2. The van der Waals surface area contributed by atoms with Crippen LogP contribution in [-0.2, 0) is 6.54 Å². The molecule has 0 fully saturated rings. The van der Waals surface area contributed by atoms with Gasteiger partial charge < -0.3 is 5.32 Å². The Morgan fingerprint density at radius 2 is 2.04 bits per heavy atom. The number of rotatable bonds is 6. The van der Waals surface area contributed by atoms with Gasteiger partial charge in [0.05, 0.1) is 29.3 Å². The molecule has 7 nitrogen and oxygen atoms in total. The van der Waals surface area contributed by atoms with Gasteiger partial charge in [-0.05, 0) is 11.6 Å². The normalized spacial score (nSPS) is 11.9. The minimum absolute atomic E-state index is 0.189. The first kappa shape index (κ1) is 15.6. The van der Waals surface area contributed by atoms with E-state index in [2.05, 4.69) is 15.4 Å². The monoisotopic (exact) mass is 327 g/mol. The van der Waals surface area contributed by atoms with Crippen LogP contribution in [-0.4, -0.2) is 19.7 Å². The van der Waals surface area contributed by atoms with Crippen LogP contribution in [0.5, 0.6) is 0 Å². The predicted molar refractivity (Wildman–Crippen MR) is 85.9 cm³/mol. The summed E-state index contributed by atoms with van der Waals surface area (Å²) in [6.07, 6.45) is 3.00. The molecule has 0 aliphatic rings. The third kappa shape index (κ3) is 3.54. The second kappa shape index (κ2) is 6.86. The molecule has 8 heteroatoms. The number of halogens is 1. The molecule has 0 radical (unpaired) electrons. The Kier molecular flexibility index (Phi) is 4.46. The summed E-state index contributed by atoms with van der Waals surface area (Å²) in [6, 6.07) is 12.8. The fourth-order valence-electron chi connectivity index (χ4n) is 2.36. The van der Waals surface area contributed by atoms with Gasteiger partial charge >= 0.3 is 0 Å². The number of nitro groups is 1. The number of hydrogen-bond donors (Lipinski definition) is 1. The topological polar surface area (TPSA) is 85.9 Å². The molecule has 1 atom stereocenters. The van der Waals surface area contributed by atoms with E-state index in [1.807, 2.05) is 30.3 Å². The summed E-state index contributed by atoms with van der Waals surface area (Å²) < 4.78 is 15.8. The van der Waals surface area contributed by atoms with E-state index in [4.69, 9.17) is 0 Å². The van der Waals surface area contributed by atoms with Crippen LogP contribution in [0.2, 0.25) is 0 Å². The van der Waals surface area contributed by atoms with Gasteiger partial charge in [-0.15, -0.1) is 0 Å². The largest absolute Gasteiger partial charge is 0.374 e. The highest BCUT2D eigenvalue weighted by molar-refractivity contribution is 5.51. The summed E-state index contributed by atoms with van der Waals surface area (Å²) in [4.78, 5) is 14.0. The smallest absolute Gasteiger partial charge is 0.272 e. The summed E-state index contributed by atoms with van der Waals surface area (Å²) in [6.45, 7) is 0.431. The van der Waals surface area contributed by atoms with Gasteiger partial charge in [-0.3, -0.25) is 14.8 Å². The second-order valence-electron chi connectivity index (χ2n) is 5.15. The Balaban J connectivity index is 1.88. The molecule has 0 unspecified atom stereocenters. The summed E-state index contributed by atoms with van der Waals surface area (Å²) in [5.74, 6) is -0.677. The molecule has 1 heterocycles. The number of nitro benzene ring substituents is 1. The van der Waals surface area contributed by atoms with Crippen molar-refractivity contribution in [2.24, 2.45) is 0 Å². The van der Waals surface area contributed by atoms with Crippen LogP contribution in [0, 0.1) is 15.9 Å². The molecule has 0 saturated carbocycles. The van der Waals surface area contributed by atoms with Gasteiger partial charge in [0.15, 0.2) is 5.82 Å². The lowest BCUT2D eigenvalue weighted by Crippen LogP contribution is -2.18. The lowest BCUT2D eigenvalue weighted by atomic mass is 10.1. The number of anilines is 1. The van der Waals surface area contributed by atoms with Gasteiger partial charge in [-0.2, -0.15) is 5.10 Å². The van der Waals surface area contributed by atoms with Crippen molar-refractivity contribution in [3.05, 3.63) is 82.7 Å². The summed E-state index contributed by atoms with van der Waals surface area (Å²) in [5, 5.41) is 17.9. The van der Waals surface area contributed by atoms with E-state index in [1.165, 1.54) is 18.5 Å². The summed E-state index contributed by atoms with van der Waals surface area (Å²) in [5.41, 5.74) is 0.839. The van der Waals surface area contributed by atoms with E-state index < -0.39 is 10.7 Å². The van der Waals surface area contributed by atoms with Crippen molar-refractivity contribution >= 4 is 11.4 Å². The Bertz CT molecular complexity index is 824. The van der Waals surface area contributed by atoms with E-state index in [1.54, 1.807) is 11.0 Å². The van der Waals surface area contributed by atoms with Gasteiger partial charge in [-0.1, -0.05) is 30.3 Å². The Hall–Kier alpha value is -3.29. The lowest BCUT2D eigenvalue weighted by molar-refractivity contribution is -0.385. The van der Waals surface area contributed by atoms with Crippen LogP contribution in [0.25, 0.3) is 0 Å². The number of non-ortho nitro benzene ring substituents is 1. The number of nitrogens with one attached hydrogen (secondary N) is 1. The number of hydrogen-bond acceptors (Lipinski definition) is 5. The van der Waals surface area contributed by atoms with Crippen LogP contribution in [0.4, 0.5) is 15.8 Å². The van der Waals surface area contributed by atoms with Crippen molar-refractivity contribution < 1.29 is 9.31 Å². The Morgan fingerprint density at radius 3 is 2.67 bits per heavy atom. The highest BCUT2D eigenvalue weighted by atomic mass is 19.1. The Labute approximate surface area is 136 Å². The molecule has 3 rings (SSSR count). The maximum atomic E-state index is 14.2. The number of nitrogens with zero attached hydrogens (tertiary/aromatic N) is 4. The van der Waals surface area contributed by atoms with E-state index in [9.17, 15) is 14.5 Å². The van der Waals surface area contributed by atoms with Crippen molar-refractivity contribution in [1.29, 1.82) is 0 Å². The molecular weight excluding hydrogens is 313 g/mol. The van der Waals surface area contributed by atoms with Crippen LogP contribution in [0.15, 0.2) is 61.2 Å². The predicted octanol–water partition coefficient (Wildman–Crippen LogP) is 3.18. The first-order valence-electron chi connectivity index (χ1n) is 7.21. The molecule has 3 aromatic rings. The lowest BCUT2D eigenvalue weighted by Gasteiger charge is -2.20. The average molecular weight is 327 g/mol. The molecule has 122 valence electrons. The molecule has 0 aliphatic heterocycles. The van der Waals surface area contributed by atoms with E-state index in [-0.39, 0.29) is 17.4 Å². The van der Waals surface area contributed by atoms with Gasteiger partial charge in [0.1, 0.15) is 12.7 Å². The highest BCUT2D eigenvalue weighted by Gasteiger charge is 2.16. The van der Waals surface area contributed by atoms with Gasteiger partial charge in [0.25, 0.3) is 5.69 Å². The van der Waals surface area contributed by atoms with Crippen LogP contribution >= 0.6 is 0 Å². The fraction of sp³-hybridized carbons (Fsp3) is 0.125. The summed E-state index contributed by atoms with van der Waals surface area (Å²) >= 11 is 0. The minimum Gasteiger partial charge on any atom is -0.374 e. The zero-order valence-electron chi connectivity index (χ0n) is 12.5.